The van der Waals surface area contributed by atoms with Gasteiger partial charge in [0.25, 0.3) is 5.91 Å². The molecule has 1 atom stereocenters. The van der Waals surface area contributed by atoms with Crippen LogP contribution in [-0.2, 0) is 14.4 Å². The summed E-state index contributed by atoms with van der Waals surface area (Å²) >= 11 is 0. The van der Waals surface area contributed by atoms with Gasteiger partial charge in [-0.15, -0.1) is 0 Å². The first kappa shape index (κ1) is 13.2. The van der Waals surface area contributed by atoms with Crippen molar-refractivity contribution in [2.24, 2.45) is 0 Å². The molecule has 0 aromatic heterocycles. The minimum Gasteiger partial charge on any atom is -0.478 e. The maximum atomic E-state index is 12.0. The Labute approximate surface area is 99.3 Å². The molecule has 0 bridgehead atoms. The van der Waals surface area contributed by atoms with Crippen molar-refractivity contribution in [1.82, 2.24) is 10.2 Å². The smallest absolute Gasteiger partial charge is 0.331 e. The van der Waals surface area contributed by atoms with E-state index < -0.39 is 17.9 Å². The van der Waals surface area contributed by atoms with E-state index in [1.165, 1.54) is 18.7 Å². The molecule has 1 saturated heterocycles. The molecule has 2 N–H and O–H groups in total. The second-order valence-corrected chi connectivity index (χ2v) is 4.02. The molecule has 2 amide bonds. The number of nitrogens with one attached hydrogen (secondary N) is 1. The predicted octanol–water partition coefficient (Wildman–Crippen LogP) is -0.246. The maximum Gasteiger partial charge on any atom is 0.331 e. The number of aliphatic carboxylic acids is 1. The fourth-order valence-corrected chi connectivity index (χ4v) is 1.60. The molecule has 0 aliphatic carbocycles. The summed E-state index contributed by atoms with van der Waals surface area (Å²) in [7, 11) is 0. The number of carbonyl (C=O) groups excluding carboxylic acids is 2. The second kappa shape index (κ2) is 4.99. The predicted molar refractivity (Wildman–Crippen MR) is 60.2 cm³/mol. The zero-order valence-electron chi connectivity index (χ0n) is 10.1. The highest BCUT2D eigenvalue weighted by Crippen LogP contribution is 2.12. The molecule has 1 heterocycles. The summed E-state index contributed by atoms with van der Waals surface area (Å²) in [4.78, 5) is 35.6. The monoisotopic (exact) mass is 240 g/mol. The van der Waals surface area contributed by atoms with Crippen molar-refractivity contribution in [3.8, 4) is 0 Å². The van der Waals surface area contributed by atoms with Gasteiger partial charge in [-0.25, -0.2) is 4.79 Å². The fraction of sp³-hybridized carbons (Fsp3) is 0.545. The summed E-state index contributed by atoms with van der Waals surface area (Å²) in [5.41, 5.74) is 0.173. The molecule has 1 aliphatic rings. The normalized spacial score (nSPS) is 21.7. The van der Waals surface area contributed by atoms with Crippen LogP contribution >= 0.6 is 0 Å². The third-order valence-corrected chi connectivity index (χ3v) is 2.96. The van der Waals surface area contributed by atoms with Gasteiger partial charge in [0, 0.05) is 24.2 Å². The van der Waals surface area contributed by atoms with Crippen LogP contribution in [0.25, 0.3) is 0 Å². The van der Waals surface area contributed by atoms with Crippen molar-refractivity contribution < 1.29 is 19.5 Å². The van der Waals surface area contributed by atoms with E-state index in [4.69, 9.17) is 5.11 Å². The summed E-state index contributed by atoms with van der Waals surface area (Å²) in [6, 6.07) is -0.562. The van der Waals surface area contributed by atoms with Crippen LogP contribution in [0.4, 0.5) is 0 Å². The van der Waals surface area contributed by atoms with Crippen LogP contribution in [0.2, 0.25) is 0 Å². The summed E-state index contributed by atoms with van der Waals surface area (Å²) in [5.74, 6) is -1.73. The molecule has 0 radical (unpaired) electrons. The van der Waals surface area contributed by atoms with Crippen molar-refractivity contribution >= 4 is 17.8 Å². The van der Waals surface area contributed by atoms with Crippen LogP contribution in [-0.4, -0.2) is 46.9 Å². The molecule has 0 spiro atoms. The Morgan fingerprint density at radius 2 is 1.94 bits per heavy atom. The molecule has 6 nitrogen and oxygen atoms in total. The van der Waals surface area contributed by atoms with Gasteiger partial charge in [0.05, 0.1) is 0 Å². The number of piperazine rings is 1. The lowest BCUT2D eigenvalue weighted by molar-refractivity contribution is -0.140. The van der Waals surface area contributed by atoms with E-state index in [9.17, 15) is 14.4 Å². The van der Waals surface area contributed by atoms with Crippen molar-refractivity contribution in [1.29, 1.82) is 0 Å². The Balaban J connectivity index is 2.93. The van der Waals surface area contributed by atoms with Gasteiger partial charge in [0.1, 0.15) is 6.04 Å². The van der Waals surface area contributed by atoms with Crippen molar-refractivity contribution in [2.75, 3.05) is 13.1 Å². The van der Waals surface area contributed by atoms with Gasteiger partial charge in [-0.05, 0) is 20.8 Å². The van der Waals surface area contributed by atoms with E-state index in [0.717, 1.165) is 0 Å². The highest BCUT2D eigenvalue weighted by atomic mass is 16.4. The lowest BCUT2D eigenvalue weighted by Gasteiger charge is -2.33. The van der Waals surface area contributed by atoms with Gasteiger partial charge in [-0.2, -0.15) is 0 Å². The quantitative estimate of drug-likeness (QED) is 0.652. The van der Waals surface area contributed by atoms with Crippen molar-refractivity contribution in [3.05, 3.63) is 11.1 Å². The molecule has 1 unspecified atom stereocenters. The van der Waals surface area contributed by atoms with E-state index in [0.29, 0.717) is 13.1 Å². The Morgan fingerprint density at radius 3 is 2.47 bits per heavy atom. The molecule has 0 aromatic rings. The number of hydrogen-bond acceptors (Lipinski definition) is 3. The number of rotatable bonds is 2. The van der Waals surface area contributed by atoms with Gasteiger partial charge in [0.15, 0.2) is 0 Å². The minimum atomic E-state index is -1.12. The first-order valence-corrected chi connectivity index (χ1v) is 5.35. The SMILES string of the molecule is CC(C(=O)O)=C(C)C(=O)N1CCNC(=O)C1C. The van der Waals surface area contributed by atoms with Gasteiger partial charge in [0.2, 0.25) is 5.91 Å². The number of hydrogen-bond donors (Lipinski definition) is 2. The molecule has 0 aromatic carbocycles. The zero-order valence-corrected chi connectivity index (χ0v) is 10.1. The summed E-state index contributed by atoms with van der Waals surface area (Å²) in [6.45, 7) is 5.26. The largest absolute Gasteiger partial charge is 0.478 e. The highest BCUT2D eigenvalue weighted by molar-refractivity contribution is 6.03. The number of carboxylic acid groups (broad SMARTS) is 1. The van der Waals surface area contributed by atoms with E-state index in [-0.39, 0.29) is 17.1 Å². The fourth-order valence-electron chi connectivity index (χ4n) is 1.60. The molecule has 17 heavy (non-hydrogen) atoms. The lowest BCUT2D eigenvalue weighted by atomic mass is 10.1. The van der Waals surface area contributed by atoms with E-state index in [2.05, 4.69) is 5.32 Å². The summed E-state index contributed by atoms with van der Waals surface area (Å²) in [6.07, 6.45) is 0. The van der Waals surface area contributed by atoms with Crippen LogP contribution < -0.4 is 5.32 Å². The lowest BCUT2D eigenvalue weighted by Crippen LogP contribution is -2.56. The average Bonchev–Trinajstić information content (AvgIpc) is 2.29. The van der Waals surface area contributed by atoms with Crippen LogP contribution in [0.5, 0.6) is 0 Å². The summed E-state index contributed by atoms with van der Waals surface area (Å²) < 4.78 is 0. The van der Waals surface area contributed by atoms with Crippen LogP contribution in [0.15, 0.2) is 11.1 Å². The van der Waals surface area contributed by atoms with E-state index in [1.807, 2.05) is 0 Å². The van der Waals surface area contributed by atoms with E-state index in [1.54, 1.807) is 6.92 Å². The van der Waals surface area contributed by atoms with Gasteiger partial charge >= 0.3 is 5.97 Å². The van der Waals surface area contributed by atoms with Gasteiger partial charge in [-0.3, -0.25) is 9.59 Å². The zero-order chi connectivity index (χ0) is 13.2. The van der Waals surface area contributed by atoms with Crippen LogP contribution in [0.3, 0.4) is 0 Å². The van der Waals surface area contributed by atoms with Crippen LogP contribution in [0.1, 0.15) is 20.8 Å². The second-order valence-electron chi connectivity index (χ2n) is 4.02. The molecule has 6 heteroatoms. The Kier molecular flexibility index (Phi) is 3.88. The standard InChI is InChI=1S/C11H16N2O4/c1-6(7(2)11(16)17)10(15)13-5-4-12-9(14)8(13)3/h8H,4-5H2,1-3H3,(H,12,14)(H,16,17). The molecular weight excluding hydrogens is 224 g/mol. The Hall–Kier alpha value is -1.85. The maximum absolute atomic E-state index is 12.0. The van der Waals surface area contributed by atoms with Crippen molar-refractivity contribution in [2.45, 2.75) is 26.8 Å². The first-order valence-electron chi connectivity index (χ1n) is 5.35. The van der Waals surface area contributed by atoms with E-state index >= 15 is 0 Å². The summed E-state index contributed by atoms with van der Waals surface area (Å²) in [5, 5.41) is 11.5. The number of carbonyl (C=O) groups is 3. The molecular formula is C11H16N2O4. The van der Waals surface area contributed by atoms with Gasteiger partial charge < -0.3 is 15.3 Å². The first-order chi connectivity index (χ1) is 7.86. The minimum absolute atomic E-state index is 0.00758. The Morgan fingerprint density at radius 1 is 1.35 bits per heavy atom. The molecule has 1 fully saturated rings. The molecule has 94 valence electrons. The highest BCUT2D eigenvalue weighted by Gasteiger charge is 2.30. The van der Waals surface area contributed by atoms with Gasteiger partial charge in [-0.1, -0.05) is 0 Å². The molecule has 1 aliphatic heterocycles. The van der Waals surface area contributed by atoms with Crippen molar-refractivity contribution in [3.63, 3.8) is 0 Å². The Bertz CT molecular complexity index is 400. The number of carboxylic acids is 1. The molecule has 1 rings (SSSR count). The number of amides is 2. The van der Waals surface area contributed by atoms with Crippen LogP contribution in [0, 0.1) is 0 Å². The third-order valence-electron chi connectivity index (χ3n) is 2.96. The average molecular weight is 240 g/mol. The molecule has 0 saturated carbocycles. The number of nitrogens with zero attached hydrogens (tertiary/aromatic N) is 1. The third kappa shape index (κ3) is 2.64. The topological polar surface area (TPSA) is 86.7 Å².